The van der Waals surface area contributed by atoms with Crippen molar-refractivity contribution < 1.29 is 19.0 Å². The molecule has 0 amide bonds. The number of rotatable bonds is 14. The molecule has 0 fully saturated rings. The molecule has 0 heterocycles. The molecule has 168 valence electrons. The summed E-state index contributed by atoms with van der Waals surface area (Å²) in [5.74, 6) is 2.35. The van der Waals surface area contributed by atoms with Gasteiger partial charge in [-0.1, -0.05) is 39.7 Å². The normalized spacial score (nSPS) is 11.0. The lowest BCUT2D eigenvalue weighted by molar-refractivity contribution is 0.104. The van der Waals surface area contributed by atoms with Crippen LogP contribution in [0.4, 0.5) is 0 Å². The molecule has 0 saturated carbocycles. The Bertz CT molecular complexity index is 806. The van der Waals surface area contributed by atoms with Crippen LogP contribution in [0.3, 0.4) is 0 Å². The molecule has 2 rings (SSSR count). The van der Waals surface area contributed by atoms with Crippen molar-refractivity contribution >= 4 is 11.9 Å². The second kappa shape index (κ2) is 13.5. The first-order valence-corrected chi connectivity index (χ1v) is 11.4. The lowest BCUT2D eigenvalue weighted by Gasteiger charge is -2.15. The van der Waals surface area contributed by atoms with Gasteiger partial charge in [-0.3, -0.25) is 4.79 Å². The first-order valence-electron chi connectivity index (χ1n) is 11.4. The van der Waals surface area contributed by atoms with Gasteiger partial charge in [-0.15, -0.1) is 0 Å². The Morgan fingerprint density at radius 1 is 0.806 bits per heavy atom. The molecule has 0 N–H and O–H groups in total. The number of benzene rings is 2. The van der Waals surface area contributed by atoms with E-state index >= 15 is 0 Å². The smallest absolute Gasteiger partial charge is 0.185 e. The standard InChI is InChI=1S/C27H36O4/c1-5-8-17-30-26-19-22(20-27(21(26)4)31-18-9-6-2)10-15-25(28)23-11-13-24(14-12-23)29-16-7-3/h10-15,19-20H,5-9,16-18H2,1-4H3. The van der Waals surface area contributed by atoms with Crippen molar-refractivity contribution in [3.8, 4) is 17.2 Å². The number of ketones is 1. The van der Waals surface area contributed by atoms with Gasteiger partial charge in [0.1, 0.15) is 17.2 Å². The lowest BCUT2D eigenvalue weighted by atomic mass is 10.1. The minimum atomic E-state index is -0.0514. The molecular weight excluding hydrogens is 388 g/mol. The van der Waals surface area contributed by atoms with Crippen LogP contribution in [0, 0.1) is 6.92 Å². The zero-order chi connectivity index (χ0) is 22.5. The summed E-state index contributed by atoms with van der Waals surface area (Å²) in [6.45, 7) is 10.4. The Morgan fingerprint density at radius 3 is 1.90 bits per heavy atom. The Balaban J connectivity index is 2.16. The molecule has 4 heteroatoms. The zero-order valence-corrected chi connectivity index (χ0v) is 19.4. The summed E-state index contributed by atoms with van der Waals surface area (Å²) in [7, 11) is 0. The first-order chi connectivity index (χ1) is 15.1. The van der Waals surface area contributed by atoms with Gasteiger partial charge in [-0.05, 0) is 74.2 Å². The Labute approximate surface area is 187 Å². The first kappa shape index (κ1) is 24.5. The van der Waals surface area contributed by atoms with Crippen LogP contribution < -0.4 is 14.2 Å². The average Bonchev–Trinajstić information content (AvgIpc) is 2.79. The van der Waals surface area contributed by atoms with E-state index in [9.17, 15) is 4.79 Å². The summed E-state index contributed by atoms with van der Waals surface area (Å²) in [5.41, 5.74) is 2.52. The molecule has 0 unspecified atom stereocenters. The van der Waals surface area contributed by atoms with E-state index in [1.807, 2.05) is 37.3 Å². The van der Waals surface area contributed by atoms with Gasteiger partial charge >= 0.3 is 0 Å². The van der Waals surface area contributed by atoms with Gasteiger partial charge in [0.2, 0.25) is 0 Å². The number of carbonyl (C=O) groups excluding carboxylic acids is 1. The van der Waals surface area contributed by atoms with E-state index in [2.05, 4.69) is 20.8 Å². The van der Waals surface area contributed by atoms with Crippen LogP contribution >= 0.6 is 0 Å². The minimum Gasteiger partial charge on any atom is -0.494 e. The van der Waals surface area contributed by atoms with Gasteiger partial charge in [0.05, 0.1) is 19.8 Å². The molecule has 0 saturated heterocycles. The van der Waals surface area contributed by atoms with E-state index in [1.165, 1.54) is 0 Å². The predicted molar refractivity (Wildman–Crippen MR) is 128 cm³/mol. The highest BCUT2D eigenvalue weighted by Gasteiger charge is 2.10. The quantitative estimate of drug-likeness (QED) is 0.185. The van der Waals surface area contributed by atoms with Crippen molar-refractivity contribution in [2.45, 2.75) is 59.8 Å². The van der Waals surface area contributed by atoms with Crippen molar-refractivity contribution in [1.82, 2.24) is 0 Å². The molecule has 0 bridgehead atoms. The third-order valence-corrected chi connectivity index (χ3v) is 4.88. The summed E-state index contributed by atoms with van der Waals surface area (Å²) in [5, 5.41) is 0. The van der Waals surface area contributed by atoms with Crippen LogP contribution in [0.2, 0.25) is 0 Å². The second-order valence-corrected chi connectivity index (χ2v) is 7.62. The van der Waals surface area contributed by atoms with Crippen molar-refractivity contribution in [1.29, 1.82) is 0 Å². The van der Waals surface area contributed by atoms with E-state index in [4.69, 9.17) is 14.2 Å². The van der Waals surface area contributed by atoms with Crippen molar-refractivity contribution in [2.24, 2.45) is 0 Å². The van der Waals surface area contributed by atoms with Gasteiger partial charge in [-0.2, -0.15) is 0 Å². The topological polar surface area (TPSA) is 44.8 Å². The van der Waals surface area contributed by atoms with Gasteiger partial charge in [0.15, 0.2) is 5.78 Å². The summed E-state index contributed by atoms with van der Waals surface area (Å²) in [6, 6.07) is 11.2. The number of unbranched alkanes of at least 4 members (excludes halogenated alkanes) is 2. The van der Waals surface area contributed by atoms with E-state index in [0.29, 0.717) is 25.4 Å². The summed E-state index contributed by atoms with van der Waals surface area (Å²) in [6.07, 6.45) is 8.53. The highest BCUT2D eigenvalue weighted by atomic mass is 16.5. The Hall–Kier alpha value is -2.75. The number of hydrogen-bond acceptors (Lipinski definition) is 4. The maximum absolute atomic E-state index is 12.6. The van der Waals surface area contributed by atoms with Gasteiger partial charge in [-0.25, -0.2) is 0 Å². The second-order valence-electron chi connectivity index (χ2n) is 7.62. The maximum atomic E-state index is 12.6. The molecule has 0 aliphatic heterocycles. The number of allylic oxidation sites excluding steroid dienone is 1. The van der Waals surface area contributed by atoms with Crippen LogP contribution in [-0.4, -0.2) is 25.6 Å². The molecule has 0 atom stereocenters. The number of ether oxygens (including phenoxy) is 3. The highest BCUT2D eigenvalue weighted by Crippen LogP contribution is 2.31. The Kier molecular flexibility index (Phi) is 10.7. The lowest BCUT2D eigenvalue weighted by Crippen LogP contribution is -2.03. The monoisotopic (exact) mass is 424 g/mol. The maximum Gasteiger partial charge on any atom is 0.185 e. The van der Waals surface area contributed by atoms with Gasteiger partial charge < -0.3 is 14.2 Å². The molecule has 0 radical (unpaired) electrons. The zero-order valence-electron chi connectivity index (χ0n) is 19.4. The summed E-state index contributed by atoms with van der Waals surface area (Å²) >= 11 is 0. The number of hydrogen-bond donors (Lipinski definition) is 0. The molecule has 2 aromatic rings. The third kappa shape index (κ3) is 8.12. The molecular formula is C27H36O4. The van der Waals surface area contributed by atoms with E-state index in [-0.39, 0.29) is 5.78 Å². The Morgan fingerprint density at radius 2 is 1.39 bits per heavy atom. The van der Waals surface area contributed by atoms with E-state index < -0.39 is 0 Å². The largest absolute Gasteiger partial charge is 0.494 e. The minimum absolute atomic E-state index is 0.0514. The van der Waals surface area contributed by atoms with Crippen LogP contribution in [0.25, 0.3) is 6.08 Å². The van der Waals surface area contributed by atoms with E-state index in [0.717, 1.165) is 60.5 Å². The van der Waals surface area contributed by atoms with Crippen LogP contribution in [0.5, 0.6) is 17.2 Å². The molecule has 0 aliphatic carbocycles. The van der Waals surface area contributed by atoms with Gasteiger partial charge in [0.25, 0.3) is 0 Å². The van der Waals surface area contributed by atoms with Crippen molar-refractivity contribution in [3.63, 3.8) is 0 Å². The molecule has 2 aromatic carbocycles. The molecule has 4 nitrogen and oxygen atoms in total. The fourth-order valence-corrected chi connectivity index (χ4v) is 2.93. The number of carbonyl (C=O) groups is 1. The molecule has 0 aromatic heterocycles. The van der Waals surface area contributed by atoms with Gasteiger partial charge in [0, 0.05) is 11.1 Å². The molecule has 31 heavy (non-hydrogen) atoms. The van der Waals surface area contributed by atoms with E-state index in [1.54, 1.807) is 18.2 Å². The third-order valence-electron chi connectivity index (χ3n) is 4.88. The van der Waals surface area contributed by atoms with Crippen LogP contribution in [0.15, 0.2) is 42.5 Å². The van der Waals surface area contributed by atoms with Crippen LogP contribution in [-0.2, 0) is 0 Å². The average molecular weight is 425 g/mol. The summed E-state index contributed by atoms with van der Waals surface area (Å²) < 4.78 is 17.6. The van der Waals surface area contributed by atoms with Crippen molar-refractivity contribution in [3.05, 3.63) is 59.2 Å². The summed E-state index contributed by atoms with van der Waals surface area (Å²) in [4.78, 5) is 12.6. The highest BCUT2D eigenvalue weighted by molar-refractivity contribution is 6.06. The van der Waals surface area contributed by atoms with Crippen molar-refractivity contribution in [2.75, 3.05) is 19.8 Å². The fraction of sp³-hybridized carbons (Fsp3) is 0.444. The van der Waals surface area contributed by atoms with Crippen LogP contribution in [0.1, 0.15) is 74.4 Å². The predicted octanol–water partition coefficient (Wildman–Crippen LogP) is 7.04. The fourth-order valence-electron chi connectivity index (χ4n) is 2.93. The SMILES string of the molecule is CCCCOc1cc(C=CC(=O)c2ccc(OCCC)cc2)cc(OCCCC)c1C. The molecule has 0 spiro atoms. The molecule has 0 aliphatic rings.